The average Bonchev–Trinajstić information content (AvgIpc) is 3.04. The van der Waals surface area contributed by atoms with Gasteiger partial charge in [0.25, 0.3) is 0 Å². The number of ether oxygens (including phenoxy) is 2. The molecular weight excluding hydrogens is 558 g/mol. The maximum absolute atomic E-state index is 11.0. The van der Waals surface area contributed by atoms with Gasteiger partial charge in [-0.3, -0.25) is 0 Å². The van der Waals surface area contributed by atoms with Crippen molar-refractivity contribution in [2.75, 3.05) is 18.5 Å². The highest BCUT2D eigenvalue weighted by Crippen LogP contribution is 2.41. The highest BCUT2D eigenvalue weighted by atomic mass is 16.5. The molecule has 0 amide bonds. The maximum Gasteiger partial charge on any atom is 0.330 e. The molecule has 1 N–H and O–H groups in total. The summed E-state index contributed by atoms with van der Waals surface area (Å²) in [5.74, 6) is 0.505. The number of rotatable bonds is 15. The molecule has 6 heteroatoms. The second-order valence-corrected chi connectivity index (χ2v) is 12.9. The van der Waals surface area contributed by atoms with Crippen molar-refractivity contribution in [3.8, 4) is 5.75 Å². The standard InChI is InChI=1S/C39H47N3O3/c1-7-37(43)45-27-13-9-8-12-26-44-32-22-16-29(17-23-32)28-40-35-24-25-36(34-15-11-10-14-33(34)35)42-41-31-20-18-30(19-21-31)39(5,6)38(2,3)4/h7,10-11,14-25,40H,1,8-9,12-13,26-28H2,2-6H3/b42-41+. The summed E-state index contributed by atoms with van der Waals surface area (Å²) in [5, 5.41) is 15.0. The number of nitrogens with zero attached hydrogens (tertiary/aromatic N) is 2. The van der Waals surface area contributed by atoms with Gasteiger partial charge < -0.3 is 14.8 Å². The predicted octanol–water partition coefficient (Wildman–Crippen LogP) is 10.9. The summed E-state index contributed by atoms with van der Waals surface area (Å²) in [6.45, 7) is 16.6. The van der Waals surface area contributed by atoms with E-state index < -0.39 is 0 Å². The quantitative estimate of drug-likeness (QED) is 0.0633. The number of fused-ring (bicyclic) bond motifs is 1. The van der Waals surface area contributed by atoms with Crippen molar-refractivity contribution in [1.29, 1.82) is 0 Å². The van der Waals surface area contributed by atoms with Crippen LogP contribution in [0.25, 0.3) is 10.8 Å². The van der Waals surface area contributed by atoms with Crippen LogP contribution in [0.3, 0.4) is 0 Å². The van der Waals surface area contributed by atoms with Crippen LogP contribution in [-0.4, -0.2) is 19.2 Å². The molecule has 45 heavy (non-hydrogen) atoms. The molecule has 0 saturated heterocycles. The minimum atomic E-state index is -0.362. The first-order valence-corrected chi connectivity index (χ1v) is 15.9. The van der Waals surface area contributed by atoms with E-state index >= 15 is 0 Å². The second-order valence-electron chi connectivity index (χ2n) is 12.9. The first-order valence-electron chi connectivity index (χ1n) is 15.9. The lowest BCUT2D eigenvalue weighted by atomic mass is 9.65. The van der Waals surface area contributed by atoms with E-state index in [2.05, 4.69) is 111 Å². The van der Waals surface area contributed by atoms with Gasteiger partial charge in [0.05, 0.1) is 24.6 Å². The van der Waals surface area contributed by atoms with Gasteiger partial charge in [-0.2, -0.15) is 5.11 Å². The van der Waals surface area contributed by atoms with Crippen LogP contribution in [0.1, 0.15) is 71.4 Å². The summed E-state index contributed by atoms with van der Waals surface area (Å²) >= 11 is 0. The van der Waals surface area contributed by atoms with Crippen LogP contribution in [0.5, 0.6) is 5.75 Å². The van der Waals surface area contributed by atoms with Gasteiger partial charge in [0, 0.05) is 29.1 Å². The van der Waals surface area contributed by atoms with E-state index in [1.54, 1.807) is 0 Å². The van der Waals surface area contributed by atoms with Gasteiger partial charge in [0.15, 0.2) is 0 Å². The van der Waals surface area contributed by atoms with E-state index in [4.69, 9.17) is 9.47 Å². The van der Waals surface area contributed by atoms with Gasteiger partial charge in [0.1, 0.15) is 5.75 Å². The van der Waals surface area contributed by atoms with Crippen molar-refractivity contribution in [2.24, 2.45) is 15.6 Å². The Kier molecular flexibility index (Phi) is 11.5. The third-order valence-corrected chi connectivity index (χ3v) is 8.76. The van der Waals surface area contributed by atoms with E-state index in [1.165, 1.54) is 17.2 Å². The zero-order valence-corrected chi connectivity index (χ0v) is 27.4. The third kappa shape index (κ3) is 9.27. The van der Waals surface area contributed by atoms with Gasteiger partial charge in [0.2, 0.25) is 0 Å². The van der Waals surface area contributed by atoms with Crippen LogP contribution in [0.4, 0.5) is 17.1 Å². The van der Waals surface area contributed by atoms with Crippen LogP contribution in [-0.2, 0) is 21.5 Å². The summed E-state index contributed by atoms with van der Waals surface area (Å²) < 4.78 is 10.9. The van der Waals surface area contributed by atoms with Crippen molar-refractivity contribution < 1.29 is 14.3 Å². The minimum absolute atomic E-state index is 0.0464. The largest absolute Gasteiger partial charge is 0.494 e. The number of unbranched alkanes of at least 4 members (excludes halogenated alkanes) is 3. The fraction of sp³-hybridized carbons (Fsp3) is 0.359. The second kappa shape index (κ2) is 15.5. The molecule has 0 aliphatic rings. The SMILES string of the molecule is C=CC(=O)OCCCCCCOc1ccc(CNc2ccc(/N=N/c3ccc(C(C)(C)C(C)(C)C)cc3)c3ccccc23)cc1. The Morgan fingerprint density at radius 2 is 1.44 bits per heavy atom. The van der Waals surface area contributed by atoms with Crippen LogP contribution in [0.15, 0.2) is 108 Å². The molecule has 0 fully saturated rings. The van der Waals surface area contributed by atoms with Gasteiger partial charge >= 0.3 is 5.97 Å². The summed E-state index contributed by atoms with van der Waals surface area (Å²) in [4.78, 5) is 11.0. The molecule has 0 bridgehead atoms. The van der Waals surface area contributed by atoms with Crippen LogP contribution in [0.2, 0.25) is 0 Å². The van der Waals surface area contributed by atoms with E-state index in [1.807, 2.05) is 30.3 Å². The van der Waals surface area contributed by atoms with Gasteiger partial charge in [-0.05, 0) is 84.0 Å². The maximum atomic E-state index is 11.0. The molecule has 6 nitrogen and oxygen atoms in total. The lowest BCUT2D eigenvalue weighted by Gasteiger charge is -2.39. The number of anilines is 1. The molecule has 4 aromatic carbocycles. The van der Waals surface area contributed by atoms with Gasteiger partial charge in [-0.15, -0.1) is 5.11 Å². The molecular formula is C39H47N3O3. The van der Waals surface area contributed by atoms with Crippen molar-refractivity contribution in [2.45, 2.75) is 72.3 Å². The zero-order chi connectivity index (χ0) is 32.3. The Labute approximate surface area is 268 Å². The number of esters is 1. The number of carbonyl (C=O) groups is 1. The number of hydrogen-bond acceptors (Lipinski definition) is 6. The van der Waals surface area contributed by atoms with Crippen molar-refractivity contribution in [1.82, 2.24) is 0 Å². The summed E-state index contributed by atoms with van der Waals surface area (Å²) in [6.07, 6.45) is 5.04. The fourth-order valence-corrected chi connectivity index (χ4v) is 4.89. The lowest BCUT2D eigenvalue weighted by Crippen LogP contribution is -2.33. The summed E-state index contributed by atoms with van der Waals surface area (Å²) in [7, 11) is 0. The Morgan fingerprint density at radius 1 is 0.778 bits per heavy atom. The Bertz CT molecular complexity index is 1580. The molecule has 0 heterocycles. The molecule has 0 aromatic heterocycles. The number of hydrogen-bond donors (Lipinski definition) is 1. The summed E-state index contributed by atoms with van der Waals surface area (Å²) in [6, 6.07) is 29.0. The third-order valence-electron chi connectivity index (χ3n) is 8.76. The number of benzene rings is 4. The molecule has 4 aromatic rings. The van der Waals surface area contributed by atoms with Crippen LogP contribution >= 0.6 is 0 Å². The molecule has 0 unspecified atom stereocenters. The number of carbonyl (C=O) groups excluding carboxylic acids is 1. The molecule has 0 aliphatic heterocycles. The molecule has 0 saturated carbocycles. The van der Waals surface area contributed by atoms with E-state index in [0.717, 1.165) is 59.3 Å². The van der Waals surface area contributed by atoms with E-state index in [-0.39, 0.29) is 16.8 Å². The van der Waals surface area contributed by atoms with Crippen LogP contribution in [0, 0.1) is 5.41 Å². The summed E-state index contributed by atoms with van der Waals surface area (Å²) in [5.41, 5.74) is 5.39. The van der Waals surface area contributed by atoms with E-state index in [9.17, 15) is 4.79 Å². The topological polar surface area (TPSA) is 72.3 Å². The van der Waals surface area contributed by atoms with Gasteiger partial charge in [-0.25, -0.2) is 4.79 Å². The molecule has 0 aliphatic carbocycles. The Hall–Kier alpha value is -4.45. The molecule has 0 atom stereocenters. The van der Waals surface area contributed by atoms with Gasteiger partial charge in [-0.1, -0.05) is 89.7 Å². The molecule has 236 valence electrons. The average molecular weight is 606 g/mol. The highest BCUT2D eigenvalue weighted by Gasteiger charge is 2.34. The van der Waals surface area contributed by atoms with Crippen molar-refractivity contribution >= 4 is 33.8 Å². The first-order chi connectivity index (χ1) is 21.6. The zero-order valence-electron chi connectivity index (χ0n) is 27.4. The van der Waals surface area contributed by atoms with E-state index in [0.29, 0.717) is 19.8 Å². The highest BCUT2D eigenvalue weighted by molar-refractivity contribution is 6.00. The smallest absolute Gasteiger partial charge is 0.330 e. The normalized spacial score (nSPS) is 11.9. The predicted molar refractivity (Wildman–Crippen MR) is 186 cm³/mol. The molecule has 4 rings (SSSR count). The number of azo groups is 1. The first kappa shape index (κ1) is 33.4. The molecule has 0 radical (unpaired) electrons. The lowest BCUT2D eigenvalue weighted by molar-refractivity contribution is -0.137. The Morgan fingerprint density at radius 3 is 2.11 bits per heavy atom. The van der Waals surface area contributed by atoms with Crippen LogP contribution < -0.4 is 10.1 Å². The minimum Gasteiger partial charge on any atom is -0.494 e. The van der Waals surface area contributed by atoms with Crippen molar-refractivity contribution in [3.05, 3.63) is 109 Å². The number of nitrogens with one attached hydrogen (secondary N) is 1. The fourth-order valence-electron chi connectivity index (χ4n) is 4.89. The monoisotopic (exact) mass is 605 g/mol. The Balaban J connectivity index is 1.30. The van der Waals surface area contributed by atoms with Crippen molar-refractivity contribution in [3.63, 3.8) is 0 Å². The molecule has 0 spiro atoms.